The molecule has 1 rings (SSSR count). The van der Waals surface area contributed by atoms with Gasteiger partial charge in [0.1, 0.15) is 5.92 Å². The molecule has 0 aliphatic carbocycles. The molecule has 0 aromatic heterocycles. The van der Waals surface area contributed by atoms with Crippen LogP contribution in [0.4, 0.5) is 0 Å². The highest BCUT2D eigenvalue weighted by Crippen LogP contribution is 2.21. The summed E-state index contributed by atoms with van der Waals surface area (Å²) in [6.07, 6.45) is 0. The monoisotopic (exact) mass is 209 g/mol. The van der Waals surface area contributed by atoms with Gasteiger partial charge in [-0.1, -0.05) is 30.3 Å². The Kier molecular flexibility index (Phi) is 3.38. The van der Waals surface area contributed by atoms with E-state index in [0.29, 0.717) is 5.56 Å². The molecule has 5 heteroatoms. The second-order valence-electron chi connectivity index (χ2n) is 3.25. The average Bonchev–Trinajstić information content (AvgIpc) is 2.18. The lowest BCUT2D eigenvalue weighted by atomic mass is 9.93. The molecular weight excluding hydrogens is 198 g/mol. The molecule has 0 saturated carbocycles. The van der Waals surface area contributed by atoms with Crippen molar-refractivity contribution in [3.8, 4) is 0 Å². The standard InChI is InChI=1S/C10H11NO4/c1-7(11(14)15)9(10(12)13)8-5-3-2-4-6-8/h2-7,9H,1H3,(H,12,13). The fourth-order valence-electron chi connectivity index (χ4n) is 1.41. The molecular formula is C10H11NO4. The van der Waals surface area contributed by atoms with Crippen molar-refractivity contribution in [3.05, 3.63) is 46.0 Å². The molecule has 1 N–H and O–H groups in total. The maximum Gasteiger partial charge on any atom is 0.318 e. The van der Waals surface area contributed by atoms with E-state index in [0.717, 1.165) is 0 Å². The van der Waals surface area contributed by atoms with Crippen LogP contribution in [0, 0.1) is 10.1 Å². The number of aliphatic carboxylic acids is 1. The van der Waals surface area contributed by atoms with Crippen LogP contribution >= 0.6 is 0 Å². The number of rotatable bonds is 4. The summed E-state index contributed by atoms with van der Waals surface area (Å²) in [6, 6.07) is 7.09. The van der Waals surface area contributed by atoms with Crippen LogP contribution in [0.25, 0.3) is 0 Å². The van der Waals surface area contributed by atoms with Crippen molar-refractivity contribution >= 4 is 5.97 Å². The molecule has 1 aromatic rings. The van der Waals surface area contributed by atoms with E-state index in [1.807, 2.05) is 0 Å². The van der Waals surface area contributed by atoms with Crippen LogP contribution in [-0.2, 0) is 4.79 Å². The summed E-state index contributed by atoms with van der Waals surface area (Å²) in [7, 11) is 0. The molecule has 2 unspecified atom stereocenters. The normalized spacial score (nSPS) is 14.2. The highest BCUT2D eigenvalue weighted by molar-refractivity contribution is 5.76. The Bertz CT molecular complexity index is 363. The van der Waals surface area contributed by atoms with Gasteiger partial charge in [0, 0.05) is 11.8 Å². The Hall–Kier alpha value is -1.91. The summed E-state index contributed by atoms with van der Waals surface area (Å²) >= 11 is 0. The summed E-state index contributed by atoms with van der Waals surface area (Å²) < 4.78 is 0. The molecule has 5 nitrogen and oxygen atoms in total. The molecule has 15 heavy (non-hydrogen) atoms. The van der Waals surface area contributed by atoms with Crippen molar-refractivity contribution in [2.45, 2.75) is 18.9 Å². The van der Waals surface area contributed by atoms with Crippen LogP contribution in [0.15, 0.2) is 30.3 Å². The van der Waals surface area contributed by atoms with Crippen LogP contribution in [0.5, 0.6) is 0 Å². The van der Waals surface area contributed by atoms with Gasteiger partial charge < -0.3 is 5.11 Å². The van der Waals surface area contributed by atoms with Crippen LogP contribution < -0.4 is 0 Å². The number of nitrogens with zero attached hydrogens (tertiary/aromatic N) is 1. The molecule has 0 spiro atoms. The minimum absolute atomic E-state index is 0.453. The fourth-order valence-corrected chi connectivity index (χ4v) is 1.41. The van der Waals surface area contributed by atoms with Gasteiger partial charge >= 0.3 is 5.97 Å². The van der Waals surface area contributed by atoms with E-state index in [2.05, 4.69) is 0 Å². The molecule has 0 aliphatic heterocycles. The quantitative estimate of drug-likeness (QED) is 0.602. The van der Waals surface area contributed by atoms with E-state index in [4.69, 9.17) is 5.11 Å². The van der Waals surface area contributed by atoms with Crippen molar-refractivity contribution in [1.29, 1.82) is 0 Å². The molecule has 0 amide bonds. The van der Waals surface area contributed by atoms with Crippen molar-refractivity contribution in [2.75, 3.05) is 0 Å². The number of hydrogen-bond donors (Lipinski definition) is 1. The zero-order valence-corrected chi connectivity index (χ0v) is 8.16. The predicted molar refractivity (Wildman–Crippen MR) is 53.3 cm³/mol. The highest BCUT2D eigenvalue weighted by Gasteiger charge is 2.34. The number of carbonyl (C=O) groups is 1. The maximum absolute atomic E-state index is 10.9. The molecule has 0 radical (unpaired) electrons. The Morgan fingerprint density at radius 2 is 1.93 bits per heavy atom. The third kappa shape index (κ3) is 2.52. The third-order valence-corrected chi connectivity index (χ3v) is 2.24. The first-order valence-electron chi connectivity index (χ1n) is 4.45. The Morgan fingerprint density at radius 3 is 2.33 bits per heavy atom. The predicted octanol–water partition coefficient (Wildman–Crippen LogP) is 1.52. The van der Waals surface area contributed by atoms with Gasteiger partial charge in [0.25, 0.3) is 0 Å². The first kappa shape index (κ1) is 11.2. The molecule has 0 bridgehead atoms. The second-order valence-corrected chi connectivity index (χ2v) is 3.25. The number of hydrogen-bond acceptors (Lipinski definition) is 3. The van der Waals surface area contributed by atoms with Gasteiger partial charge in [0.15, 0.2) is 0 Å². The molecule has 1 aromatic carbocycles. The summed E-state index contributed by atoms with van der Waals surface area (Å²) in [5.74, 6) is -2.27. The first-order chi connectivity index (χ1) is 7.04. The van der Waals surface area contributed by atoms with Crippen molar-refractivity contribution < 1.29 is 14.8 Å². The van der Waals surface area contributed by atoms with Crippen LogP contribution in [0.3, 0.4) is 0 Å². The number of benzene rings is 1. The number of nitro groups is 1. The lowest BCUT2D eigenvalue weighted by Crippen LogP contribution is -2.30. The zero-order chi connectivity index (χ0) is 11.4. The molecule has 2 atom stereocenters. The lowest BCUT2D eigenvalue weighted by molar-refractivity contribution is -0.520. The van der Waals surface area contributed by atoms with Gasteiger partial charge in [-0.15, -0.1) is 0 Å². The van der Waals surface area contributed by atoms with E-state index in [1.165, 1.54) is 6.92 Å². The third-order valence-electron chi connectivity index (χ3n) is 2.24. The number of carboxylic acid groups (broad SMARTS) is 1. The van der Waals surface area contributed by atoms with E-state index >= 15 is 0 Å². The summed E-state index contributed by atoms with van der Waals surface area (Å²) in [5.41, 5.74) is 0.453. The number of carboxylic acids is 1. The second kappa shape index (κ2) is 4.54. The van der Waals surface area contributed by atoms with E-state index < -0.39 is 22.9 Å². The van der Waals surface area contributed by atoms with Gasteiger partial charge in [-0.2, -0.15) is 0 Å². The largest absolute Gasteiger partial charge is 0.481 e. The Balaban J connectivity index is 3.04. The molecule has 0 heterocycles. The molecule has 80 valence electrons. The van der Waals surface area contributed by atoms with Crippen molar-refractivity contribution in [2.24, 2.45) is 0 Å². The smallest absolute Gasteiger partial charge is 0.318 e. The van der Waals surface area contributed by atoms with E-state index in [-0.39, 0.29) is 0 Å². The van der Waals surface area contributed by atoms with Crippen LogP contribution in [0.2, 0.25) is 0 Å². The Labute approximate surface area is 86.5 Å². The van der Waals surface area contributed by atoms with E-state index in [9.17, 15) is 14.9 Å². The zero-order valence-electron chi connectivity index (χ0n) is 8.16. The summed E-state index contributed by atoms with van der Waals surface area (Å²) in [6.45, 7) is 1.30. The van der Waals surface area contributed by atoms with Gasteiger partial charge in [0.05, 0.1) is 0 Å². The van der Waals surface area contributed by atoms with Crippen molar-refractivity contribution in [3.63, 3.8) is 0 Å². The minimum Gasteiger partial charge on any atom is -0.481 e. The summed E-state index contributed by atoms with van der Waals surface area (Å²) in [4.78, 5) is 20.9. The van der Waals surface area contributed by atoms with Gasteiger partial charge in [-0.05, 0) is 5.56 Å². The minimum atomic E-state index is -1.18. The summed E-state index contributed by atoms with van der Waals surface area (Å²) in [5, 5.41) is 19.5. The highest BCUT2D eigenvalue weighted by atomic mass is 16.6. The van der Waals surface area contributed by atoms with Gasteiger partial charge in [0.2, 0.25) is 6.04 Å². The van der Waals surface area contributed by atoms with Gasteiger partial charge in [-0.3, -0.25) is 14.9 Å². The maximum atomic E-state index is 10.9. The average molecular weight is 209 g/mol. The molecule has 0 fully saturated rings. The van der Waals surface area contributed by atoms with Crippen molar-refractivity contribution in [1.82, 2.24) is 0 Å². The van der Waals surface area contributed by atoms with E-state index in [1.54, 1.807) is 30.3 Å². The topological polar surface area (TPSA) is 80.4 Å². The molecule has 0 aliphatic rings. The van der Waals surface area contributed by atoms with Crippen LogP contribution in [0.1, 0.15) is 18.4 Å². The SMILES string of the molecule is CC(C(C(=O)O)c1ccccc1)[N+](=O)[O-]. The fraction of sp³-hybridized carbons (Fsp3) is 0.300. The molecule has 0 saturated heterocycles. The lowest BCUT2D eigenvalue weighted by Gasteiger charge is -2.13. The Morgan fingerprint density at radius 1 is 1.40 bits per heavy atom. The van der Waals surface area contributed by atoms with Crippen LogP contribution in [-0.4, -0.2) is 22.0 Å². The first-order valence-corrected chi connectivity index (χ1v) is 4.45. The van der Waals surface area contributed by atoms with Gasteiger partial charge in [-0.25, -0.2) is 0 Å².